The summed E-state index contributed by atoms with van der Waals surface area (Å²) < 4.78 is 26.7. The van der Waals surface area contributed by atoms with Crippen molar-refractivity contribution in [3.63, 3.8) is 0 Å². The highest BCUT2D eigenvalue weighted by Gasteiger charge is 2.21. The van der Waals surface area contributed by atoms with Gasteiger partial charge in [0.05, 0.1) is 21.3 Å². The molecule has 0 aliphatic heterocycles. The standard InChI is InChI=1S/C20H24O6/c1-5-14-7-6-8-15(13-14)25-11-12-26-20(21)16-9-10-17(22-2)19(24-4)18(16)23-3/h6-10,13H,5,11-12H2,1-4H3. The lowest BCUT2D eigenvalue weighted by molar-refractivity contribution is 0.0446. The molecule has 0 amide bonds. The molecule has 6 nitrogen and oxygen atoms in total. The minimum Gasteiger partial charge on any atom is -0.493 e. The molecular weight excluding hydrogens is 336 g/mol. The number of carbonyl (C=O) groups is 1. The zero-order valence-electron chi connectivity index (χ0n) is 15.5. The number of aryl methyl sites for hydroxylation is 1. The van der Waals surface area contributed by atoms with Crippen LogP contribution in [0.3, 0.4) is 0 Å². The molecule has 26 heavy (non-hydrogen) atoms. The first-order chi connectivity index (χ1) is 12.6. The maximum atomic E-state index is 12.3. The second-order valence-corrected chi connectivity index (χ2v) is 5.37. The molecule has 2 aromatic rings. The van der Waals surface area contributed by atoms with E-state index in [0.717, 1.165) is 12.2 Å². The van der Waals surface area contributed by atoms with Crippen molar-refractivity contribution in [1.82, 2.24) is 0 Å². The van der Waals surface area contributed by atoms with Crippen molar-refractivity contribution in [2.24, 2.45) is 0 Å². The van der Waals surface area contributed by atoms with E-state index in [0.29, 0.717) is 11.5 Å². The average molecular weight is 360 g/mol. The van der Waals surface area contributed by atoms with Gasteiger partial charge in [-0.2, -0.15) is 0 Å². The third kappa shape index (κ3) is 4.59. The van der Waals surface area contributed by atoms with Crippen LogP contribution >= 0.6 is 0 Å². The maximum absolute atomic E-state index is 12.3. The summed E-state index contributed by atoms with van der Waals surface area (Å²) in [6.45, 7) is 2.46. The molecule has 0 saturated heterocycles. The molecule has 0 aliphatic rings. The Morgan fingerprint density at radius 3 is 2.35 bits per heavy atom. The van der Waals surface area contributed by atoms with Crippen molar-refractivity contribution in [3.05, 3.63) is 47.5 Å². The van der Waals surface area contributed by atoms with Crippen molar-refractivity contribution in [3.8, 4) is 23.0 Å². The highest BCUT2D eigenvalue weighted by atomic mass is 16.6. The third-order valence-corrected chi connectivity index (χ3v) is 3.82. The van der Waals surface area contributed by atoms with Gasteiger partial charge < -0.3 is 23.7 Å². The largest absolute Gasteiger partial charge is 0.493 e. The SMILES string of the molecule is CCc1cccc(OCCOC(=O)c2ccc(OC)c(OC)c2OC)c1. The molecule has 0 spiro atoms. The Morgan fingerprint density at radius 1 is 0.923 bits per heavy atom. The maximum Gasteiger partial charge on any atom is 0.342 e. The minimum atomic E-state index is -0.520. The minimum absolute atomic E-state index is 0.118. The van der Waals surface area contributed by atoms with E-state index >= 15 is 0 Å². The van der Waals surface area contributed by atoms with Gasteiger partial charge in [-0.3, -0.25) is 0 Å². The van der Waals surface area contributed by atoms with E-state index in [1.54, 1.807) is 12.1 Å². The van der Waals surface area contributed by atoms with E-state index in [9.17, 15) is 4.79 Å². The number of hydrogen-bond donors (Lipinski definition) is 0. The van der Waals surface area contributed by atoms with Gasteiger partial charge in [0.1, 0.15) is 24.5 Å². The predicted octanol–water partition coefficient (Wildman–Crippen LogP) is 3.51. The zero-order chi connectivity index (χ0) is 18.9. The molecule has 0 unspecified atom stereocenters. The van der Waals surface area contributed by atoms with E-state index in [4.69, 9.17) is 23.7 Å². The van der Waals surface area contributed by atoms with Gasteiger partial charge >= 0.3 is 5.97 Å². The van der Waals surface area contributed by atoms with Crippen molar-refractivity contribution in [2.45, 2.75) is 13.3 Å². The number of esters is 1. The van der Waals surface area contributed by atoms with Crippen LogP contribution in [0.4, 0.5) is 0 Å². The van der Waals surface area contributed by atoms with Crippen LogP contribution < -0.4 is 18.9 Å². The highest BCUT2D eigenvalue weighted by molar-refractivity contribution is 5.94. The van der Waals surface area contributed by atoms with Crippen LogP contribution in [0.2, 0.25) is 0 Å². The first kappa shape index (κ1) is 19.4. The Hall–Kier alpha value is -2.89. The summed E-state index contributed by atoms with van der Waals surface area (Å²) in [6.07, 6.45) is 0.936. The fourth-order valence-electron chi connectivity index (χ4n) is 2.49. The lowest BCUT2D eigenvalue weighted by atomic mass is 10.1. The molecule has 6 heteroatoms. The summed E-state index contributed by atoms with van der Waals surface area (Å²) in [5.41, 5.74) is 1.45. The molecule has 140 valence electrons. The van der Waals surface area contributed by atoms with Crippen molar-refractivity contribution in [2.75, 3.05) is 34.5 Å². The molecule has 2 rings (SSSR count). The monoisotopic (exact) mass is 360 g/mol. The summed E-state index contributed by atoms with van der Waals surface area (Å²) in [4.78, 5) is 12.3. The molecule has 2 aromatic carbocycles. The molecule has 0 fully saturated rings. The van der Waals surface area contributed by atoms with Crippen molar-refractivity contribution in [1.29, 1.82) is 0 Å². The van der Waals surface area contributed by atoms with E-state index in [2.05, 4.69) is 6.92 Å². The van der Waals surface area contributed by atoms with Crippen LogP contribution in [-0.2, 0) is 11.2 Å². The summed E-state index contributed by atoms with van der Waals surface area (Å²) in [5.74, 6) is 1.32. The molecule has 0 aromatic heterocycles. The van der Waals surface area contributed by atoms with Crippen LogP contribution in [0.25, 0.3) is 0 Å². The topological polar surface area (TPSA) is 63.2 Å². The Kier molecular flexibility index (Phi) is 7.14. The second-order valence-electron chi connectivity index (χ2n) is 5.37. The van der Waals surface area contributed by atoms with Gasteiger partial charge in [-0.05, 0) is 36.2 Å². The predicted molar refractivity (Wildman–Crippen MR) is 97.7 cm³/mol. The third-order valence-electron chi connectivity index (χ3n) is 3.82. The van der Waals surface area contributed by atoms with Crippen LogP contribution in [0.15, 0.2) is 36.4 Å². The quantitative estimate of drug-likeness (QED) is 0.504. The second kappa shape index (κ2) is 9.56. The molecule has 0 bridgehead atoms. The number of benzene rings is 2. The van der Waals surface area contributed by atoms with Crippen LogP contribution in [-0.4, -0.2) is 40.5 Å². The number of ether oxygens (including phenoxy) is 5. The Balaban J connectivity index is 1.97. The van der Waals surface area contributed by atoms with E-state index in [1.165, 1.54) is 26.9 Å². The fourth-order valence-corrected chi connectivity index (χ4v) is 2.49. The molecule has 0 aliphatic carbocycles. The lowest BCUT2D eigenvalue weighted by Crippen LogP contribution is -2.13. The van der Waals surface area contributed by atoms with Crippen LogP contribution in [0.1, 0.15) is 22.8 Å². The van der Waals surface area contributed by atoms with Gasteiger partial charge in [0.25, 0.3) is 0 Å². The summed E-state index contributed by atoms with van der Waals surface area (Å²) in [7, 11) is 4.45. The van der Waals surface area contributed by atoms with Gasteiger partial charge in [0.15, 0.2) is 11.5 Å². The molecule has 0 N–H and O–H groups in total. The van der Waals surface area contributed by atoms with Crippen molar-refractivity contribution < 1.29 is 28.5 Å². The van der Waals surface area contributed by atoms with E-state index in [1.807, 2.05) is 24.3 Å². The van der Waals surface area contributed by atoms with Crippen molar-refractivity contribution >= 4 is 5.97 Å². The number of hydrogen-bond acceptors (Lipinski definition) is 6. The normalized spacial score (nSPS) is 10.2. The average Bonchev–Trinajstić information content (AvgIpc) is 2.69. The summed E-state index contributed by atoms with van der Waals surface area (Å²) in [5, 5.41) is 0. The fraction of sp³-hybridized carbons (Fsp3) is 0.350. The molecule has 0 atom stereocenters. The van der Waals surface area contributed by atoms with Crippen LogP contribution in [0, 0.1) is 0 Å². The Labute approximate surface area is 153 Å². The van der Waals surface area contributed by atoms with Gasteiger partial charge in [0.2, 0.25) is 5.75 Å². The smallest absolute Gasteiger partial charge is 0.342 e. The zero-order valence-corrected chi connectivity index (χ0v) is 15.5. The molecule has 0 radical (unpaired) electrons. The van der Waals surface area contributed by atoms with Gasteiger partial charge in [-0.15, -0.1) is 0 Å². The Bertz CT molecular complexity index is 741. The first-order valence-corrected chi connectivity index (χ1v) is 8.32. The first-order valence-electron chi connectivity index (χ1n) is 8.32. The highest BCUT2D eigenvalue weighted by Crippen LogP contribution is 2.39. The molecular formula is C20H24O6. The number of rotatable bonds is 9. The number of carbonyl (C=O) groups excluding carboxylic acids is 1. The lowest BCUT2D eigenvalue weighted by Gasteiger charge is -2.15. The van der Waals surface area contributed by atoms with Gasteiger partial charge in [-0.25, -0.2) is 4.79 Å². The van der Waals surface area contributed by atoms with Crippen LogP contribution in [0.5, 0.6) is 23.0 Å². The number of methoxy groups -OCH3 is 3. The summed E-state index contributed by atoms with van der Waals surface area (Å²) in [6, 6.07) is 11.0. The van der Waals surface area contributed by atoms with E-state index < -0.39 is 5.97 Å². The van der Waals surface area contributed by atoms with E-state index in [-0.39, 0.29) is 24.5 Å². The molecule has 0 saturated carbocycles. The summed E-state index contributed by atoms with van der Waals surface area (Å²) >= 11 is 0. The molecule has 0 heterocycles. The Morgan fingerprint density at radius 2 is 1.69 bits per heavy atom. The van der Waals surface area contributed by atoms with Gasteiger partial charge in [-0.1, -0.05) is 19.1 Å². The van der Waals surface area contributed by atoms with Gasteiger partial charge in [0, 0.05) is 0 Å².